The van der Waals surface area contributed by atoms with E-state index in [9.17, 15) is 18.0 Å². The van der Waals surface area contributed by atoms with E-state index in [2.05, 4.69) is 15.0 Å². The molecule has 6 nitrogen and oxygen atoms in total. The lowest BCUT2D eigenvalue weighted by Crippen LogP contribution is -2.47. The van der Waals surface area contributed by atoms with Crippen molar-refractivity contribution in [2.24, 2.45) is 7.05 Å². The molecule has 1 saturated heterocycles. The second kappa shape index (κ2) is 5.87. The number of halogens is 3. The van der Waals surface area contributed by atoms with E-state index in [0.717, 1.165) is 0 Å². The Bertz CT molecular complexity index is 1020. The third-order valence-electron chi connectivity index (χ3n) is 4.45. The number of pyridine rings is 1. The number of aromatic nitrogens is 3. The van der Waals surface area contributed by atoms with E-state index in [0.29, 0.717) is 35.2 Å². The number of ether oxygens (including phenoxy) is 1. The molecule has 1 fully saturated rings. The van der Waals surface area contributed by atoms with Gasteiger partial charge in [0.1, 0.15) is 16.8 Å². The van der Waals surface area contributed by atoms with Crippen LogP contribution in [0.15, 0.2) is 41.6 Å². The molecule has 3 aromatic rings. The van der Waals surface area contributed by atoms with Crippen LogP contribution in [0, 0.1) is 0 Å². The zero-order valence-electron chi connectivity index (χ0n) is 13.7. The number of aryl methyl sites for hydroxylation is 1. The summed E-state index contributed by atoms with van der Waals surface area (Å²) < 4.78 is 44.2. The highest BCUT2D eigenvalue weighted by atomic mass is 19.4. The summed E-state index contributed by atoms with van der Waals surface area (Å²) in [6.45, 7) is 1.39. The van der Waals surface area contributed by atoms with E-state index in [4.69, 9.17) is 0 Å². The maximum atomic E-state index is 12.8. The molecule has 0 bridgehead atoms. The summed E-state index contributed by atoms with van der Waals surface area (Å²) in [6.07, 6.45) is -1.46. The number of hydrogen-bond donors (Lipinski definition) is 1. The maximum absolute atomic E-state index is 12.8. The van der Waals surface area contributed by atoms with E-state index < -0.39 is 6.36 Å². The van der Waals surface area contributed by atoms with Gasteiger partial charge in [0.2, 0.25) is 0 Å². The number of rotatable bonds is 3. The van der Waals surface area contributed by atoms with Gasteiger partial charge in [0.15, 0.2) is 0 Å². The van der Waals surface area contributed by atoms with Crippen LogP contribution in [0.2, 0.25) is 0 Å². The summed E-state index contributed by atoms with van der Waals surface area (Å²) in [4.78, 5) is 17.1. The van der Waals surface area contributed by atoms with Crippen LogP contribution in [0.5, 0.6) is 5.75 Å². The molecule has 0 spiro atoms. The van der Waals surface area contributed by atoms with Gasteiger partial charge in [-0.25, -0.2) is 4.98 Å². The number of imidazole rings is 1. The SMILES string of the molecule is Cn1cnc2c(-c3ccc(OC(F)(F)F)cc3)cn(C3CNC3)c(=O)c21. The second-order valence-corrected chi connectivity index (χ2v) is 6.19. The average Bonchev–Trinajstić information content (AvgIpc) is 2.90. The van der Waals surface area contributed by atoms with E-state index in [1.807, 2.05) is 0 Å². The van der Waals surface area contributed by atoms with Crippen molar-refractivity contribution in [1.82, 2.24) is 19.4 Å². The molecule has 9 heteroatoms. The molecule has 0 saturated carbocycles. The average molecular weight is 364 g/mol. The normalized spacial score (nSPS) is 15.2. The molecule has 2 aromatic heterocycles. The molecule has 0 atom stereocenters. The largest absolute Gasteiger partial charge is 0.573 e. The Morgan fingerprint density at radius 2 is 1.92 bits per heavy atom. The van der Waals surface area contributed by atoms with Crippen molar-refractivity contribution in [1.29, 1.82) is 0 Å². The predicted octanol–water partition coefficient (Wildman–Crippen LogP) is 2.44. The van der Waals surface area contributed by atoms with Crippen LogP contribution >= 0.6 is 0 Å². The van der Waals surface area contributed by atoms with Crippen LogP contribution in [-0.4, -0.2) is 33.6 Å². The highest BCUT2D eigenvalue weighted by Crippen LogP contribution is 2.30. The summed E-state index contributed by atoms with van der Waals surface area (Å²) in [6, 6.07) is 5.60. The molecule has 0 radical (unpaired) electrons. The molecule has 1 aliphatic rings. The monoisotopic (exact) mass is 364 g/mol. The molecule has 0 amide bonds. The van der Waals surface area contributed by atoms with Crippen molar-refractivity contribution < 1.29 is 17.9 Å². The minimum absolute atomic E-state index is 0.0494. The highest BCUT2D eigenvalue weighted by molar-refractivity contribution is 5.91. The number of nitrogens with one attached hydrogen (secondary N) is 1. The fraction of sp³-hybridized carbons (Fsp3) is 0.294. The standard InChI is InChI=1S/C17H15F3N4O2/c1-23-9-22-14-13(8-24(11-6-21-7-11)16(25)15(14)23)10-2-4-12(5-3-10)26-17(18,19)20/h2-5,8-9,11,21H,6-7H2,1H3. The summed E-state index contributed by atoms with van der Waals surface area (Å²) in [7, 11) is 1.74. The number of benzene rings is 1. The third kappa shape index (κ3) is 2.84. The van der Waals surface area contributed by atoms with Crippen molar-refractivity contribution in [3.05, 3.63) is 47.1 Å². The number of alkyl halides is 3. The molecule has 3 heterocycles. The van der Waals surface area contributed by atoms with Gasteiger partial charge in [-0.2, -0.15) is 0 Å². The van der Waals surface area contributed by atoms with Gasteiger partial charge in [0.25, 0.3) is 5.56 Å². The summed E-state index contributed by atoms with van der Waals surface area (Å²) in [5.74, 6) is -0.296. The summed E-state index contributed by atoms with van der Waals surface area (Å²) >= 11 is 0. The van der Waals surface area contributed by atoms with E-state index in [-0.39, 0.29) is 17.4 Å². The Morgan fingerprint density at radius 3 is 2.50 bits per heavy atom. The first-order valence-electron chi connectivity index (χ1n) is 7.96. The van der Waals surface area contributed by atoms with E-state index in [1.54, 1.807) is 28.7 Å². The van der Waals surface area contributed by atoms with Gasteiger partial charge in [0.05, 0.1) is 12.4 Å². The molecule has 0 aliphatic carbocycles. The van der Waals surface area contributed by atoms with Crippen molar-refractivity contribution in [2.75, 3.05) is 13.1 Å². The summed E-state index contributed by atoms with van der Waals surface area (Å²) in [5.41, 5.74) is 2.19. The van der Waals surface area contributed by atoms with Gasteiger partial charge in [-0.05, 0) is 17.7 Å². The van der Waals surface area contributed by atoms with Crippen molar-refractivity contribution >= 4 is 11.0 Å². The molecule has 136 valence electrons. The van der Waals surface area contributed by atoms with Crippen molar-refractivity contribution in [3.63, 3.8) is 0 Å². The van der Waals surface area contributed by atoms with E-state index >= 15 is 0 Å². The van der Waals surface area contributed by atoms with Crippen LogP contribution in [0.4, 0.5) is 13.2 Å². The zero-order valence-corrected chi connectivity index (χ0v) is 13.7. The quantitative estimate of drug-likeness (QED) is 0.776. The lowest BCUT2D eigenvalue weighted by Gasteiger charge is -2.29. The van der Waals surface area contributed by atoms with Gasteiger partial charge in [-0.3, -0.25) is 4.79 Å². The zero-order chi connectivity index (χ0) is 18.5. The second-order valence-electron chi connectivity index (χ2n) is 6.19. The van der Waals surface area contributed by atoms with E-state index in [1.165, 1.54) is 24.3 Å². The molecule has 1 aliphatic heterocycles. The van der Waals surface area contributed by atoms with Crippen LogP contribution < -0.4 is 15.6 Å². The molecule has 4 rings (SSSR count). The highest BCUT2D eigenvalue weighted by Gasteiger charge is 2.31. The summed E-state index contributed by atoms with van der Waals surface area (Å²) in [5, 5.41) is 3.13. The van der Waals surface area contributed by atoms with Gasteiger partial charge < -0.3 is 19.2 Å². The van der Waals surface area contributed by atoms with Crippen molar-refractivity contribution in [2.45, 2.75) is 12.4 Å². The Hall–Kier alpha value is -2.81. The first kappa shape index (κ1) is 16.6. The maximum Gasteiger partial charge on any atom is 0.573 e. The Balaban J connectivity index is 1.83. The first-order valence-corrected chi connectivity index (χ1v) is 7.96. The predicted molar refractivity (Wildman–Crippen MR) is 89.0 cm³/mol. The Kier molecular flexibility index (Phi) is 3.76. The Labute approximate surface area is 145 Å². The molecule has 26 heavy (non-hydrogen) atoms. The lowest BCUT2D eigenvalue weighted by molar-refractivity contribution is -0.274. The smallest absolute Gasteiger partial charge is 0.406 e. The number of hydrogen-bond acceptors (Lipinski definition) is 4. The number of fused-ring (bicyclic) bond motifs is 1. The minimum atomic E-state index is -4.74. The minimum Gasteiger partial charge on any atom is -0.406 e. The third-order valence-corrected chi connectivity index (χ3v) is 4.45. The fourth-order valence-electron chi connectivity index (χ4n) is 3.05. The van der Waals surface area contributed by atoms with Gasteiger partial charge in [0, 0.05) is 31.9 Å². The first-order chi connectivity index (χ1) is 12.3. The van der Waals surface area contributed by atoms with Gasteiger partial charge in [-0.15, -0.1) is 13.2 Å². The van der Waals surface area contributed by atoms with Crippen LogP contribution in [0.3, 0.4) is 0 Å². The van der Waals surface area contributed by atoms with Crippen LogP contribution in [-0.2, 0) is 7.05 Å². The van der Waals surface area contributed by atoms with Crippen LogP contribution in [0.1, 0.15) is 6.04 Å². The topological polar surface area (TPSA) is 61.1 Å². The lowest BCUT2D eigenvalue weighted by atomic mass is 10.0. The molecular formula is C17H15F3N4O2. The fourth-order valence-corrected chi connectivity index (χ4v) is 3.05. The van der Waals surface area contributed by atoms with Gasteiger partial charge in [-0.1, -0.05) is 12.1 Å². The van der Waals surface area contributed by atoms with Crippen molar-refractivity contribution in [3.8, 4) is 16.9 Å². The molecule has 0 unspecified atom stereocenters. The molecule has 1 N–H and O–H groups in total. The molecular weight excluding hydrogens is 349 g/mol. The molecule has 1 aromatic carbocycles. The Morgan fingerprint density at radius 1 is 1.23 bits per heavy atom. The van der Waals surface area contributed by atoms with Crippen LogP contribution in [0.25, 0.3) is 22.2 Å². The number of nitrogens with zero attached hydrogens (tertiary/aromatic N) is 3. The van der Waals surface area contributed by atoms with Gasteiger partial charge >= 0.3 is 6.36 Å².